The number of carboxylic acid groups (broad SMARTS) is 1. The molecule has 330 valence electrons. The van der Waals surface area contributed by atoms with Crippen molar-refractivity contribution in [3.63, 3.8) is 0 Å². The Morgan fingerprint density at radius 3 is 1.89 bits per heavy atom. The third-order valence-electron chi connectivity index (χ3n) is 9.14. The first-order chi connectivity index (χ1) is 31.3. The third kappa shape index (κ3) is 11.1. The SMILES string of the molecule is COc1c(NC(=O)c2ccc(NC(=O)c3ccc(NC(=O)CNC(=O)c4ccc(NC(=O)c5ccc6ncccc6c5)cc4)cn3)c(OC)c2O)ccc(C(=O)O)c1O.Cc1cn[nH]n1. The molecule has 3 aromatic heterocycles. The number of nitrogens with zero attached hydrogens (tertiary/aromatic N) is 4. The van der Waals surface area contributed by atoms with Gasteiger partial charge >= 0.3 is 5.97 Å². The lowest BCUT2D eigenvalue weighted by atomic mass is 10.1. The second-order valence-electron chi connectivity index (χ2n) is 13.5. The van der Waals surface area contributed by atoms with Gasteiger partial charge in [-0.3, -0.25) is 29.0 Å². The van der Waals surface area contributed by atoms with E-state index in [2.05, 4.69) is 52.0 Å². The fourth-order valence-electron chi connectivity index (χ4n) is 5.94. The number of aromatic nitrogens is 5. The summed E-state index contributed by atoms with van der Waals surface area (Å²) in [7, 11) is 2.36. The first-order valence-corrected chi connectivity index (χ1v) is 19.0. The van der Waals surface area contributed by atoms with Gasteiger partial charge in [-0.2, -0.15) is 15.4 Å². The number of benzene rings is 4. The van der Waals surface area contributed by atoms with E-state index >= 15 is 0 Å². The number of anilines is 4. The number of carbonyl (C=O) groups excluding carboxylic acids is 5. The maximum Gasteiger partial charge on any atom is 0.339 e. The Kier molecular flexibility index (Phi) is 14.2. The minimum Gasteiger partial charge on any atom is -0.504 e. The molecule has 0 saturated carbocycles. The van der Waals surface area contributed by atoms with Gasteiger partial charge in [0.25, 0.3) is 23.6 Å². The topological polar surface area (TPSA) is 309 Å². The van der Waals surface area contributed by atoms with E-state index in [0.29, 0.717) is 11.3 Å². The summed E-state index contributed by atoms with van der Waals surface area (Å²) in [5, 5.41) is 53.7. The Morgan fingerprint density at radius 2 is 1.29 bits per heavy atom. The second kappa shape index (κ2) is 20.4. The number of aromatic carboxylic acids is 1. The van der Waals surface area contributed by atoms with Gasteiger partial charge in [-0.1, -0.05) is 6.07 Å². The van der Waals surface area contributed by atoms with E-state index in [1.165, 1.54) is 55.8 Å². The minimum absolute atomic E-state index is 0.0270. The highest BCUT2D eigenvalue weighted by molar-refractivity contribution is 6.10. The van der Waals surface area contributed by atoms with E-state index in [0.717, 1.165) is 29.8 Å². The van der Waals surface area contributed by atoms with Crippen LogP contribution in [0.25, 0.3) is 10.9 Å². The molecular weight excluding hydrogens is 845 g/mol. The highest BCUT2D eigenvalue weighted by Gasteiger charge is 2.24. The predicted molar refractivity (Wildman–Crippen MR) is 235 cm³/mol. The normalized spacial score (nSPS) is 10.4. The summed E-state index contributed by atoms with van der Waals surface area (Å²) in [6.07, 6.45) is 4.55. The number of aromatic amines is 1. The highest BCUT2D eigenvalue weighted by atomic mass is 16.5. The van der Waals surface area contributed by atoms with Gasteiger partial charge in [-0.15, -0.1) is 0 Å². The first-order valence-electron chi connectivity index (χ1n) is 19.0. The Labute approximate surface area is 367 Å². The van der Waals surface area contributed by atoms with Gasteiger partial charge in [0.15, 0.2) is 23.0 Å². The van der Waals surface area contributed by atoms with E-state index < -0.39 is 46.7 Å². The van der Waals surface area contributed by atoms with E-state index in [4.69, 9.17) is 9.47 Å². The number of methoxy groups -OCH3 is 2. The van der Waals surface area contributed by atoms with Crippen LogP contribution in [-0.4, -0.2) is 97.0 Å². The number of aromatic hydroxyl groups is 2. The average Bonchev–Trinajstić information content (AvgIpc) is 3.79. The van der Waals surface area contributed by atoms with Crippen molar-refractivity contribution in [1.82, 2.24) is 30.7 Å². The van der Waals surface area contributed by atoms with Crippen molar-refractivity contribution in [3.05, 3.63) is 143 Å². The van der Waals surface area contributed by atoms with Crippen LogP contribution in [0.1, 0.15) is 57.6 Å². The lowest BCUT2D eigenvalue weighted by Crippen LogP contribution is -2.32. The van der Waals surface area contributed by atoms with Crippen molar-refractivity contribution in [2.24, 2.45) is 0 Å². The quantitative estimate of drug-likeness (QED) is 0.0736. The molecule has 9 N–H and O–H groups in total. The third-order valence-corrected chi connectivity index (χ3v) is 9.14. The monoisotopic (exact) mass is 882 g/mol. The fourth-order valence-corrected chi connectivity index (χ4v) is 5.94. The molecule has 0 bridgehead atoms. The molecule has 0 fully saturated rings. The maximum atomic E-state index is 13.1. The maximum absolute atomic E-state index is 13.1. The Bertz CT molecular complexity index is 2910. The number of carbonyl (C=O) groups is 6. The number of fused-ring (bicyclic) bond motifs is 1. The molecule has 0 spiro atoms. The zero-order chi connectivity index (χ0) is 46.6. The fraction of sp³-hybridized carbons (Fsp3) is 0.0909. The van der Waals surface area contributed by atoms with Crippen molar-refractivity contribution < 1.29 is 53.6 Å². The van der Waals surface area contributed by atoms with Gasteiger partial charge in [0.1, 0.15) is 11.3 Å². The van der Waals surface area contributed by atoms with E-state index in [1.54, 1.807) is 48.8 Å². The number of aryl methyl sites for hydroxylation is 1. The Morgan fingerprint density at radius 1 is 0.646 bits per heavy atom. The molecule has 0 atom stereocenters. The summed E-state index contributed by atoms with van der Waals surface area (Å²) in [5.41, 5.74) is 2.10. The summed E-state index contributed by atoms with van der Waals surface area (Å²) < 4.78 is 10.3. The predicted octanol–water partition coefficient (Wildman–Crippen LogP) is 4.99. The van der Waals surface area contributed by atoms with Crippen LogP contribution in [0.3, 0.4) is 0 Å². The van der Waals surface area contributed by atoms with Gasteiger partial charge in [-0.05, 0) is 91.9 Å². The summed E-state index contributed by atoms with van der Waals surface area (Å²) >= 11 is 0. The number of phenols is 2. The largest absolute Gasteiger partial charge is 0.504 e. The molecule has 21 nitrogen and oxygen atoms in total. The summed E-state index contributed by atoms with van der Waals surface area (Å²) in [5.74, 6) is -6.45. The van der Waals surface area contributed by atoms with E-state index in [9.17, 15) is 44.1 Å². The zero-order valence-corrected chi connectivity index (χ0v) is 34.5. The second-order valence-corrected chi connectivity index (χ2v) is 13.5. The summed E-state index contributed by atoms with van der Waals surface area (Å²) in [6.45, 7) is 1.49. The summed E-state index contributed by atoms with van der Waals surface area (Å²) in [4.78, 5) is 83.8. The number of H-pyrrole nitrogens is 1. The Balaban J connectivity index is 0.00000108. The molecule has 4 aromatic carbocycles. The molecule has 0 aliphatic rings. The van der Waals surface area contributed by atoms with Crippen LogP contribution in [-0.2, 0) is 4.79 Å². The number of rotatable bonds is 13. The van der Waals surface area contributed by atoms with E-state index in [1.807, 2.05) is 13.0 Å². The molecule has 0 aliphatic heterocycles. The lowest BCUT2D eigenvalue weighted by molar-refractivity contribution is -0.115. The van der Waals surface area contributed by atoms with Crippen LogP contribution in [0.4, 0.5) is 22.7 Å². The molecule has 0 aliphatic carbocycles. The number of amides is 5. The van der Waals surface area contributed by atoms with Crippen molar-refractivity contribution in [1.29, 1.82) is 0 Å². The van der Waals surface area contributed by atoms with Crippen LogP contribution in [0, 0.1) is 6.92 Å². The molecule has 0 unspecified atom stereocenters. The van der Waals surface area contributed by atoms with Gasteiger partial charge in [0, 0.05) is 28.4 Å². The van der Waals surface area contributed by atoms with Crippen LogP contribution in [0.15, 0.2) is 110 Å². The number of pyridine rings is 2. The number of hydrogen-bond acceptors (Lipinski definition) is 14. The lowest BCUT2D eigenvalue weighted by Gasteiger charge is -2.16. The molecular formula is C44H38N10O11. The number of phenolic OH excluding ortho intramolecular Hbond substituents is 1. The van der Waals surface area contributed by atoms with Crippen LogP contribution in [0.5, 0.6) is 23.0 Å². The molecule has 7 aromatic rings. The number of carboxylic acids is 1. The minimum atomic E-state index is -1.42. The molecule has 5 amide bonds. The van der Waals surface area contributed by atoms with Gasteiger partial charge < -0.3 is 51.4 Å². The van der Waals surface area contributed by atoms with Gasteiger partial charge in [-0.25, -0.2) is 9.78 Å². The van der Waals surface area contributed by atoms with Gasteiger partial charge in [0.05, 0.1) is 67.0 Å². The van der Waals surface area contributed by atoms with Crippen molar-refractivity contribution in [2.45, 2.75) is 6.92 Å². The van der Waals surface area contributed by atoms with Crippen LogP contribution < -0.4 is 36.1 Å². The molecule has 7 rings (SSSR count). The summed E-state index contributed by atoms with van der Waals surface area (Å²) in [6, 6.07) is 22.4. The molecule has 21 heteroatoms. The number of nitrogens with one attached hydrogen (secondary N) is 6. The van der Waals surface area contributed by atoms with Crippen molar-refractivity contribution in [2.75, 3.05) is 42.0 Å². The highest BCUT2D eigenvalue weighted by Crippen LogP contribution is 2.40. The molecule has 0 radical (unpaired) electrons. The first kappa shape index (κ1) is 45.1. The number of hydrogen-bond donors (Lipinski definition) is 9. The molecule has 0 saturated heterocycles. The standard InChI is InChI=1S/C41H33N7O11.C3H5N3/c1-58-35-30(15-11-26(33(35)50)39(54)47-29-16-12-27(41(56)57)34(51)36(29)59-2)48-40(55)31-14-10-25(19-43-31)45-32(49)20-44-37(52)21-5-8-24(9-6-21)46-38(53)23-7-13-28-22(18-23)4-3-17-42-28;1-3-2-4-6-5-3/h3-19,50-51H,20H2,1-2H3,(H,44,52)(H,45,49)(H,46,53)(H,47,54)(H,48,55)(H,56,57);2H,1H3,(H,4,5,6). The Hall–Kier alpha value is -9.40. The molecule has 65 heavy (non-hydrogen) atoms. The zero-order valence-electron chi connectivity index (χ0n) is 34.5. The average molecular weight is 883 g/mol. The number of ether oxygens (including phenoxy) is 2. The van der Waals surface area contributed by atoms with Gasteiger partial charge in [0.2, 0.25) is 5.91 Å². The molecule has 3 heterocycles. The van der Waals surface area contributed by atoms with Crippen molar-refractivity contribution >= 4 is 69.2 Å². The van der Waals surface area contributed by atoms with Crippen LogP contribution in [0.2, 0.25) is 0 Å². The van der Waals surface area contributed by atoms with Crippen molar-refractivity contribution in [3.8, 4) is 23.0 Å². The van der Waals surface area contributed by atoms with Crippen LogP contribution >= 0.6 is 0 Å². The van der Waals surface area contributed by atoms with E-state index in [-0.39, 0.29) is 57.8 Å². The smallest absolute Gasteiger partial charge is 0.339 e.